The Morgan fingerprint density at radius 2 is 1.74 bits per heavy atom. The second-order valence-electron chi connectivity index (χ2n) is 6.98. The predicted octanol–water partition coefficient (Wildman–Crippen LogP) is 4.67. The Hall–Kier alpha value is -3.51. The van der Waals surface area contributed by atoms with Crippen LogP contribution in [0.25, 0.3) is 0 Å². The van der Waals surface area contributed by atoms with Crippen molar-refractivity contribution in [3.05, 3.63) is 88.9 Å². The highest BCUT2D eigenvalue weighted by molar-refractivity contribution is 6.32. The Balaban J connectivity index is 1.56. The van der Waals surface area contributed by atoms with Crippen LogP contribution < -0.4 is 15.4 Å². The number of hydrogen-bond donors (Lipinski definition) is 2. The molecule has 0 unspecified atom stereocenters. The van der Waals surface area contributed by atoms with E-state index < -0.39 is 0 Å². The summed E-state index contributed by atoms with van der Waals surface area (Å²) in [6.45, 7) is 0.561. The fourth-order valence-corrected chi connectivity index (χ4v) is 3.30. The number of nitrogens with zero attached hydrogens (tertiary/aromatic N) is 1. The highest BCUT2D eigenvalue weighted by Gasteiger charge is 2.13. The molecule has 0 saturated carbocycles. The first-order chi connectivity index (χ1) is 15.0. The number of benzene rings is 3. The van der Waals surface area contributed by atoms with Gasteiger partial charge in [-0.25, -0.2) is 0 Å². The third kappa shape index (κ3) is 6.23. The molecule has 3 aromatic rings. The summed E-state index contributed by atoms with van der Waals surface area (Å²) in [6.07, 6.45) is 0. The number of amides is 2. The molecule has 3 rings (SSSR count). The van der Waals surface area contributed by atoms with Crippen LogP contribution in [-0.2, 0) is 11.3 Å². The van der Waals surface area contributed by atoms with Gasteiger partial charge in [0.1, 0.15) is 5.75 Å². The Kier molecular flexibility index (Phi) is 7.51. The SMILES string of the molecule is COc1ccc(NC(=O)CNc2cccc(C(=O)N(C)Cc3ccccc3)c2)cc1Cl. The first kappa shape index (κ1) is 22.2. The van der Waals surface area contributed by atoms with E-state index in [9.17, 15) is 9.59 Å². The average molecular weight is 438 g/mol. The summed E-state index contributed by atoms with van der Waals surface area (Å²) in [6, 6.07) is 21.9. The number of methoxy groups -OCH3 is 1. The standard InChI is InChI=1S/C24H24ClN3O3/c1-28(16-17-7-4-3-5-8-17)24(30)18-9-6-10-19(13-18)26-15-23(29)27-20-11-12-22(31-2)21(25)14-20/h3-14,26H,15-16H2,1-2H3,(H,27,29). The summed E-state index contributed by atoms with van der Waals surface area (Å²) in [5.41, 5.74) is 2.86. The summed E-state index contributed by atoms with van der Waals surface area (Å²) in [5, 5.41) is 6.23. The Labute approximate surface area is 186 Å². The molecule has 160 valence electrons. The molecule has 0 spiro atoms. The Morgan fingerprint density at radius 1 is 0.968 bits per heavy atom. The molecule has 7 heteroatoms. The zero-order valence-electron chi connectivity index (χ0n) is 17.4. The van der Waals surface area contributed by atoms with Gasteiger partial charge < -0.3 is 20.3 Å². The zero-order valence-corrected chi connectivity index (χ0v) is 18.1. The molecule has 0 saturated heterocycles. The maximum atomic E-state index is 12.8. The minimum Gasteiger partial charge on any atom is -0.495 e. The molecule has 2 amide bonds. The van der Waals surface area contributed by atoms with Crippen molar-refractivity contribution in [1.82, 2.24) is 4.90 Å². The minimum absolute atomic E-state index is 0.0428. The van der Waals surface area contributed by atoms with Crippen LogP contribution in [0.5, 0.6) is 5.75 Å². The summed E-state index contributed by atoms with van der Waals surface area (Å²) < 4.78 is 5.10. The summed E-state index contributed by atoms with van der Waals surface area (Å²) in [4.78, 5) is 26.7. The molecule has 0 fully saturated rings. The van der Waals surface area contributed by atoms with Gasteiger partial charge in [-0.2, -0.15) is 0 Å². The van der Waals surface area contributed by atoms with Gasteiger partial charge in [0.05, 0.1) is 18.7 Å². The van der Waals surface area contributed by atoms with Crippen molar-refractivity contribution >= 4 is 34.8 Å². The summed E-state index contributed by atoms with van der Waals surface area (Å²) in [5.74, 6) is 0.209. The topological polar surface area (TPSA) is 70.7 Å². The molecule has 0 aromatic heterocycles. The third-order valence-corrected chi connectivity index (χ3v) is 4.90. The van der Waals surface area contributed by atoms with Crippen LogP contribution in [0.15, 0.2) is 72.8 Å². The van der Waals surface area contributed by atoms with Gasteiger partial charge in [-0.05, 0) is 42.0 Å². The summed E-state index contributed by atoms with van der Waals surface area (Å²) >= 11 is 6.08. The number of carbonyl (C=O) groups excluding carboxylic acids is 2. The number of nitrogens with one attached hydrogen (secondary N) is 2. The van der Waals surface area contributed by atoms with Gasteiger partial charge in [-0.3, -0.25) is 9.59 Å². The third-order valence-electron chi connectivity index (χ3n) is 4.61. The quantitative estimate of drug-likeness (QED) is 0.537. The molecule has 0 aliphatic heterocycles. The number of halogens is 1. The van der Waals surface area contributed by atoms with Crippen molar-refractivity contribution in [2.45, 2.75) is 6.54 Å². The lowest BCUT2D eigenvalue weighted by atomic mass is 10.1. The van der Waals surface area contributed by atoms with Crippen LogP contribution in [0, 0.1) is 0 Å². The van der Waals surface area contributed by atoms with E-state index in [1.807, 2.05) is 36.4 Å². The number of hydrogen-bond acceptors (Lipinski definition) is 4. The van der Waals surface area contributed by atoms with Crippen LogP contribution in [-0.4, -0.2) is 37.4 Å². The zero-order chi connectivity index (χ0) is 22.2. The molecule has 0 heterocycles. The van der Waals surface area contributed by atoms with Crippen molar-refractivity contribution in [2.24, 2.45) is 0 Å². The van der Waals surface area contributed by atoms with E-state index in [2.05, 4.69) is 10.6 Å². The second-order valence-corrected chi connectivity index (χ2v) is 7.39. The van der Waals surface area contributed by atoms with E-state index in [1.54, 1.807) is 48.3 Å². The van der Waals surface area contributed by atoms with E-state index in [-0.39, 0.29) is 18.4 Å². The first-order valence-corrected chi connectivity index (χ1v) is 10.1. The minimum atomic E-state index is -0.237. The molecular weight excluding hydrogens is 414 g/mol. The molecule has 0 aliphatic rings. The van der Waals surface area contributed by atoms with Gasteiger partial charge in [0, 0.05) is 30.5 Å². The molecular formula is C24H24ClN3O3. The smallest absolute Gasteiger partial charge is 0.253 e. The Morgan fingerprint density at radius 3 is 2.45 bits per heavy atom. The van der Waals surface area contributed by atoms with Crippen molar-refractivity contribution in [3.63, 3.8) is 0 Å². The predicted molar refractivity (Wildman–Crippen MR) is 124 cm³/mol. The molecule has 2 N–H and O–H groups in total. The van der Waals surface area contributed by atoms with Gasteiger partial charge in [0.15, 0.2) is 0 Å². The van der Waals surface area contributed by atoms with E-state index in [1.165, 1.54) is 7.11 Å². The van der Waals surface area contributed by atoms with E-state index in [0.717, 1.165) is 5.56 Å². The van der Waals surface area contributed by atoms with Gasteiger partial charge in [-0.1, -0.05) is 48.0 Å². The number of carbonyl (C=O) groups is 2. The lowest BCUT2D eigenvalue weighted by molar-refractivity contribution is -0.114. The number of anilines is 2. The van der Waals surface area contributed by atoms with Gasteiger partial charge in [0.2, 0.25) is 5.91 Å². The molecule has 0 atom stereocenters. The lowest BCUT2D eigenvalue weighted by Gasteiger charge is -2.18. The maximum absolute atomic E-state index is 12.8. The molecule has 0 radical (unpaired) electrons. The molecule has 31 heavy (non-hydrogen) atoms. The average Bonchev–Trinajstić information content (AvgIpc) is 2.78. The fourth-order valence-electron chi connectivity index (χ4n) is 3.04. The monoisotopic (exact) mass is 437 g/mol. The van der Waals surface area contributed by atoms with E-state index in [0.29, 0.717) is 34.3 Å². The molecule has 0 aliphatic carbocycles. The van der Waals surface area contributed by atoms with Crippen molar-refractivity contribution in [1.29, 1.82) is 0 Å². The van der Waals surface area contributed by atoms with Crippen LogP contribution in [0.1, 0.15) is 15.9 Å². The van der Waals surface area contributed by atoms with E-state index in [4.69, 9.17) is 16.3 Å². The first-order valence-electron chi connectivity index (χ1n) is 9.73. The van der Waals surface area contributed by atoms with Gasteiger partial charge >= 0.3 is 0 Å². The van der Waals surface area contributed by atoms with Crippen molar-refractivity contribution < 1.29 is 14.3 Å². The van der Waals surface area contributed by atoms with Crippen molar-refractivity contribution in [3.8, 4) is 5.75 Å². The fraction of sp³-hybridized carbons (Fsp3) is 0.167. The largest absolute Gasteiger partial charge is 0.495 e. The van der Waals surface area contributed by atoms with E-state index >= 15 is 0 Å². The van der Waals surface area contributed by atoms with Crippen LogP contribution in [0.3, 0.4) is 0 Å². The lowest BCUT2D eigenvalue weighted by Crippen LogP contribution is -2.26. The van der Waals surface area contributed by atoms with Crippen LogP contribution in [0.4, 0.5) is 11.4 Å². The highest BCUT2D eigenvalue weighted by Crippen LogP contribution is 2.27. The van der Waals surface area contributed by atoms with Crippen molar-refractivity contribution in [2.75, 3.05) is 31.3 Å². The maximum Gasteiger partial charge on any atom is 0.253 e. The number of rotatable bonds is 8. The molecule has 3 aromatic carbocycles. The summed E-state index contributed by atoms with van der Waals surface area (Å²) in [7, 11) is 3.30. The van der Waals surface area contributed by atoms with Crippen LogP contribution in [0.2, 0.25) is 5.02 Å². The molecule has 6 nitrogen and oxygen atoms in total. The number of ether oxygens (including phenoxy) is 1. The van der Waals surface area contributed by atoms with Gasteiger partial charge in [0.25, 0.3) is 5.91 Å². The second kappa shape index (κ2) is 10.5. The van der Waals surface area contributed by atoms with Gasteiger partial charge in [-0.15, -0.1) is 0 Å². The highest BCUT2D eigenvalue weighted by atomic mass is 35.5. The normalized spacial score (nSPS) is 10.3. The molecule has 0 bridgehead atoms. The Bertz CT molecular complexity index is 1060. The van der Waals surface area contributed by atoms with Crippen LogP contribution >= 0.6 is 11.6 Å².